The van der Waals surface area contributed by atoms with Gasteiger partial charge in [-0.3, -0.25) is 0 Å². The zero-order chi connectivity index (χ0) is 18.4. The van der Waals surface area contributed by atoms with Gasteiger partial charge in [0.25, 0.3) is 0 Å². The van der Waals surface area contributed by atoms with Crippen molar-refractivity contribution in [1.82, 2.24) is 0 Å². The van der Waals surface area contributed by atoms with Crippen LogP contribution in [0.2, 0.25) is 0 Å². The first-order chi connectivity index (χ1) is 12.7. The Hall–Kier alpha value is -3.07. The summed E-state index contributed by atoms with van der Waals surface area (Å²) >= 11 is 0. The van der Waals surface area contributed by atoms with E-state index in [4.69, 9.17) is 4.74 Å². The Balaban J connectivity index is 2.08. The molecule has 1 N–H and O–H groups in total. The first-order valence-electron chi connectivity index (χ1n) is 8.85. The van der Waals surface area contributed by atoms with Gasteiger partial charge >= 0.3 is 5.97 Å². The molecule has 0 saturated carbocycles. The van der Waals surface area contributed by atoms with Crippen LogP contribution < -0.4 is 4.74 Å². The normalized spacial score (nSPS) is 11.5. The Morgan fingerprint density at radius 2 is 1.73 bits per heavy atom. The predicted octanol–water partition coefficient (Wildman–Crippen LogP) is 5.64. The van der Waals surface area contributed by atoms with Gasteiger partial charge in [-0.2, -0.15) is 0 Å². The minimum Gasteiger partial charge on any atom is -0.493 e. The molecule has 3 heteroatoms. The van der Waals surface area contributed by atoms with Gasteiger partial charge in [-0.1, -0.05) is 74.0 Å². The maximum atomic E-state index is 12.0. The molecule has 0 aliphatic rings. The van der Waals surface area contributed by atoms with Crippen LogP contribution in [0.4, 0.5) is 0 Å². The second kappa shape index (κ2) is 8.34. The lowest BCUT2D eigenvalue weighted by Crippen LogP contribution is -2.02. The van der Waals surface area contributed by atoms with E-state index in [0.29, 0.717) is 17.9 Å². The summed E-state index contributed by atoms with van der Waals surface area (Å²) in [5.41, 5.74) is 1.74. The molecular weight excluding hydrogens is 324 g/mol. The lowest BCUT2D eigenvalue weighted by Gasteiger charge is -2.11. The molecule has 0 fully saturated rings. The molecule has 0 spiro atoms. The number of carboxylic acid groups (broad SMARTS) is 1. The molecule has 0 aromatic heterocycles. The van der Waals surface area contributed by atoms with Crippen molar-refractivity contribution in [2.75, 3.05) is 6.61 Å². The number of carbonyl (C=O) groups is 1. The van der Waals surface area contributed by atoms with Gasteiger partial charge in [0, 0.05) is 5.56 Å². The van der Waals surface area contributed by atoms with Crippen LogP contribution in [0.15, 0.2) is 66.7 Å². The third kappa shape index (κ3) is 3.94. The van der Waals surface area contributed by atoms with Crippen molar-refractivity contribution in [2.45, 2.75) is 19.8 Å². The van der Waals surface area contributed by atoms with Crippen LogP contribution in [0.3, 0.4) is 0 Å². The van der Waals surface area contributed by atoms with Gasteiger partial charge in [-0.25, -0.2) is 4.79 Å². The number of rotatable bonds is 7. The molecule has 0 heterocycles. The summed E-state index contributed by atoms with van der Waals surface area (Å²) in [7, 11) is 0. The SMILES string of the molecule is CCCCOc1ccccc1/C=C(\C(=O)O)c1cccc2ccccc12. The number of carboxylic acids is 1. The lowest BCUT2D eigenvalue weighted by atomic mass is 9.96. The maximum Gasteiger partial charge on any atom is 0.336 e. The largest absolute Gasteiger partial charge is 0.493 e. The number of unbranched alkanes of at least 4 members (excludes halogenated alkanes) is 1. The quantitative estimate of drug-likeness (QED) is 0.342. The number of hydrogen-bond donors (Lipinski definition) is 1. The van der Waals surface area contributed by atoms with Crippen LogP contribution in [-0.2, 0) is 4.79 Å². The molecule has 0 saturated heterocycles. The highest BCUT2D eigenvalue weighted by atomic mass is 16.5. The minimum absolute atomic E-state index is 0.258. The highest BCUT2D eigenvalue weighted by Crippen LogP contribution is 2.29. The van der Waals surface area contributed by atoms with Crippen LogP contribution in [0, 0.1) is 0 Å². The Kier molecular flexibility index (Phi) is 5.69. The van der Waals surface area contributed by atoms with Gasteiger partial charge in [0.15, 0.2) is 0 Å². The van der Waals surface area contributed by atoms with Crippen molar-refractivity contribution in [3.05, 3.63) is 77.9 Å². The first kappa shape index (κ1) is 17.7. The number of ether oxygens (including phenoxy) is 1. The Labute approximate surface area is 153 Å². The summed E-state index contributed by atoms with van der Waals surface area (Å²) in [5.74, 6) is -0.246. The fourth-order valence-corrected chi connectivity index (χ4v) is 2.93. The van der Waals surface area contributed by atoms with Crippen LogP contribution in [0.1, 0.15) is 30.9 Å². The van der Waals surface area contributed by atoms with E-state index in [1.54, 1.807) is 6.08 Å². The molecule has 132 valence electrons. The summed E-state index contributed by atoms with van der Waals surface area (Å²) in [6.45, 7) is 2.73. The summed E-state index contributed by atoms with van der Waals surface area (Å²) in [5, 5.41) is 11.8. The maximum absolute atomic E-state index is 12.0. The number of para-hydroxylation sites is 1. The van der Waals surface area contributed by atoms with E-state index in [9.17, 15) is 9.90 Å². The molecule has 3 aromatic rings. The molecule has 0 aliphatic carbocycles. The van der Waals surface area contributed by atoms with E-state index in [2.05, 4.69) is 6.92 Å². The van der Waals surface area contributed by atoms with E-state index in [1.807, 2.05) is 66.7 Å². The molecule has 0 bridgehead atoms. The van der Waals surface area contributed by atoms with Gasteiger partial charge in [-0.15, -0.1) is 0 Å². The third-order valence-electron chi connectivity index (χ3n) is 4.28. The molecule has 0 unspecified atom stereocenters. The highest BCUT2D eigenvalue weighted by molar-refractivity contribution is 6.24. The fraction of sp³-hybridized carbons (Fsp3) is 0.174. The van der Waals surface area contributed by atoms with Gasteiger partial charge in [0.2, 0.25) is 0 Å². The van der Waals surface area contributed by atoms with Crippen LogP contribution in [-0.4, -0.2) is 17.7 Å². The minimum atomic E-state index is -0.954. The number of aliphatic carboxylic acids is 1. The molecular formula is C23H22O3. The topological polar surface area (TPSA) is 46.5 Å². The molecule has 26 heavy (non-hydrogen) atoms. The van der Waals surface area contributed by atoms with Gasteiger partial charge in [-0.05, 0) is 34.9 Å². The van der Waals surface area contributed by atoms with Crippen molar-refractivity contribution < 1.29 is 14.6 Å². The summed E-state index contributed by atoms with van der Waals surface area (Å²) in [6.07, 6.45) is 3.72. The average Bonchev–Trinajstić information content (AvgIpc) is 2.67. The number of benzene rings is 3. The molecule has 3 rings (SSSR count). The van der Waals surface area contributed by atoms with Crippen molar-refractivity contribution in [1.29, 1.82) is 0 Å². The van der Waals surface area contributed by atoms with E-state index < -0.39 is 5.97 Å². The average molecular weight is 346 g/mol. The molecule has 0 amide bonds. The van der Waals surface area contributed by atoms with Crippen molar-refractivity contribution >= 4 is 28.4 Å². The van der Waals surface area contributed by atoms with Gasteiger partial charge in [0.05, 0.1) is 12.2 Å². The van der Waals surface area contributed by atoms with Crippen LogP contribution in [0.25, 0.3) is 22.4 Å². The van der Waals surface area contributed by atoms with E-state index >= 15 is 0 Å². The third-order valence-corrected chi connectivity index (χ3v) is 4.28. The van der Waals surface area contributed by atoms with Crippen molar-refractivity contribution in [2.24, 2.45) is 0 Å². The Morgan fingerprint density at radius 3 is 2.54 bits per heavy atom. The van der Waals surface area contributed by atoms with Gasteiger partial charge < -0.3 is 9.84 Å². The molecule has 0 aliphatic heterocycles. The molecule has 3 aromatic carbocycles. The predicted molar refractivity (Wildman–Crippen MR) is 106 cm³/mol. The van der Waals surface area contributed by atoms with E-state index in [-0.39, 0.29) is 5.57 Å². The second-order valence-corrected chi connectivity index (χ2v) is 6.13. The summed E-state index contributed by atoms with van der Waals surface area (Å²) in [6, 6.07) is 21.1. The molecule has 0 atom stereocenters. The first-order valence-corrected chi connectivity index (χ1v) is 8.85. The zero-order valence-electron chi connectivity index (χ0n) is 14.8. The highest BCUT2D eigenvalue weighted by Gasteiger charge is 2.14. The fourth-order valence-electron chi connectivity index (χ4n) is 2.93. The molecule has 0 radical (unpaired) electrons. The van der Waals surface area contributed by atoms with Crippen molar-refractivity contribution in [3.63, 3.8) is 0 Å². The number of hydrogen-bond acceptors (Lipinski definition) is 2. The lowest BCUT2D eigenvalue weighted by molar-refractivity contribution is -0.130. The van der Waals surface area contributed by atoms with Crippen LogP contribution >= 0.6 is 0 Å². The van der Waals surface area contributed by atoms with Crippen molar-refractivity contribution in [3.8, 4) is 5.75 Å². The number of fused-ring (bicyclic) bond motifs is 1. The van der Waals surface area contributed by atoms with E-state index in [0.717, 1.165) is 29.2 Å². The summed E-state index contributed by atoms with van der Waals surface area (Å²) in [4.78, 5) is 12.0. The Bertz CT molecular complexity index is 936. The van der Waals surface area contributed by atoms with E-state index in [1.165, 1.54) is 0 Å². The molecule has 3 nitrogen and oxygen atoms in total. The Morgan fingerprint density at radius 1 is 1.00 bits per heavy atom. The monoisotopic (exact) mass is 346 g/mol. The van der Waals surface area contributed by atoms with Crippen LogP contribution in [0.5, 0.6) is 5.75 Å². The zero-order valence-corrected chi connectivity index (χ0v) is 14.8. The second-order valence-electron chi connectivity index (χ2n) is 6.13. The smallest absolute Gasteiger partial charge is 0.336 e. The van der Waals surface area contributed by atoms with Gasteiger partial charge in [0.1, 0.15) is 5.75 Å². The standard InChI is InChI=1S/C23H22O3/c1-2-3-15-26-22-14-7-5-10-18(22)16-21(23(24)25)20-13-8-11-17-9-4-6-12-19(17)20/h4-14,16H,2-3,15H2,1H3,(H,24,25)/b21-16-. The summed E-state index contributed by atoms with van der Waals surface area (Å²) < 4.78 is 5.84.